The molecule has 1 aliphatic rings. The number of amides is 1. The van der Waals surface area contributed by atoms with Crippen LogP contribution in [0.15, 0.2) is 29.2 Å². The molecule has 0 bridgehead atoms. The fourth-order valence-electron chi connectivity index (χ4n) is 2.00. The minimum Gasteiger partial charge on any atom is -0.362 e. The van der Waals surface area contributed by atoms with Crippen molar-refractivity contribution in [1.29, 1.82) is 0 Å². The number of benzene rings is 1. The van der Waals surface area contributed by atoms with Gasteiger partial charge < -0.3 is 15.1 Å². The summed E-state index contributed by atoms with van der Waals surface area (Å²) >= 11 is 13.0. The Kier molecular flexibility index (Phi) is 6.60. The van der Waals surface area contributed by atoms with Crippen LogP contribution in [0.3, 0.4) is 0 Å². The summed E-state index contributed by atoms with van der Waals surface area (Å²) in [7, 11) is 0. The summed E-state index contributed by atoms with van der Waals surface area (Å²) in [4.78, 5) is 15.7. The fraction of sp³-hybridized carbons (Fsp3) is 0.429. The third-order valence-electron chi connectivity index (χ3n) is 3.21. The lowest BCUT2D eigenvalue weighted by Gasteiger charge is -2.34. The monoisotopic (exact) mass is 343 g/mol. The van der Waals surface area contributed by atoms with Gasteiger partial charge in [-0.15, -0.1) is 11.8 Å². The summed E-state index contributed by atoms with van der Waals surface area (Å²) in [5.74, 6) is 0.941. The van der Waals surface area contributed by atoms with Crippen molar-refractivity contribution >= 4 is 47.1 Å². The van der Waals surface area contributed by atoms with E-state index in [-0.39, 0.29) is 0 Å². The van der Waals surface area contributed by atoms with Crippen molar-refractivity contribution in [2.24, 2.45) is 0 Å². The maximum Gasteiger partial charge on any atom is 0.209 e. The number of rotatable bonds is 5. The molecule has 1 saturated heterocycles. The molecule has 1 aromatic carbocycles. The largest absolute Gasteiger partial charge is 0.362 e. The molecule has 0 saturated carbocycles. The second-order valence-electron chi connectivity index (χ2n) is 4.66. The molecule has 0 unspecified atom stereocenters. The molecule has 0 radical (unpaired) electrons. The molecule has 1 aromatic rings. The van der Waals surface area contributed by atoms with Gasteiger partial charge in [0.05, 0.1) is 0 Å². The molecule has 0 aliphatic carbocycles. The molecule has 1 amide bonds. The molecule has 1 heterocycles. The Morgan fingerprint density at radius 3 is 2.57 bits per heavy atom. The summed E-state index contributed by atoms with van der Waals surface area (Å²) < 4.78 is 0. The van der Waals surface area contributed by atoms with Crippen LogP contribution in [0.5, 0.6) is 0 Å². The van der Waals surface area contributed by atoms with Crippen LogP contribution in [-0.2, 0) is 4.79 Å². The Morgan fingerprint density at radius 1 is 1.29 bits per heavy atom. The number of thiocarbonyl (C=S) groups is 1. The second kappa shape index (κ2) is 8.46. The van der Waals surface area contributed by atoms with Gasteiger partial charge in [0.2, 0.25) is 6.41 Å². The third kappa shape index (κ3) is 5.37. The minimum absolute atomic E-state index is 0.741. The van der Waals surface area contributed by atoms with Gasteiger partial charge in [-0.3, -0.25) is 4.79 Å². The number of carbonyl (C=O) groups excluding carboxylic acids is 1. The Hall–Kier alpha value is -0.980. The van der Waals surface area contributed by atoms with Crippen molar-refractivity contribution in [3.8, 4) is 0 Å². The van der Waals surface area contributed by atoms with Crippen LogP contribution in [-0.4, -0.2) is 59.8 Å². The van der Waals surface area contributed by atoms with Crippen LogP contribution in [0.4, 0.5) is 0 Å². The average molecular weight is 344 g/mol. The minimum atomic E-state index is 0.741. The quantitative estimate of drug-likeness (QED) is 0.383. The Bertz CT molecular complexity index is 476. The lowest BCUT2D eigenvalue weighted by Crippen LogP contribution is -2.51. The zero-order valence-corrected chi connectivity index (χ0v) is 14.0. The molecule has 21 heavy (non-hydrogen) atoms. The highest BCUT2D eigenvalue weighted by atomic mass is 35.5. The van der Waals surface area contributed by atoms with Gasteiger partial charge in [-0.2, -0.15) is 0 Å². The maximum atomic E-state index is 10.7. The van der Waals surface area contributed by atoms with E-state index in [0.29, 0.717) is 0 Å². The van der Waals surface area contributed by atoms with Crippen molar-refractivity contribution in [3.05, 3.63) is 29.3 Å². The first-order chi connectivity index (χ1) is 10.2. The van der Waals surface area contributed by atoms with E-state index in [9.17, 15) is 4.79 Å². The van der Waals surface area contributed by atoms with Crippen LogP contribution in [0.2, 0.25) is 5.02 Å². The molecule has 114 valence electrons. The van der Waals surface area contributed by atoms with Gasteiger partial charge in [0.25, 0.3) is 0 Å². The van der Waals surface area contributed by atoms with Gasteiger partial charge >= 0.3 is 0 Å². The first kappa shape index (κ1) is 16.4. The van der Waals surface area contributed by atoms with Crippen LogP contribution in [0, 0.1) is 0 Å². The van der Waals surface area contributed by atoms with Crippen LogP contribution < -0.4 is 5.32 Å². The maximum absolute atomic E-state index is 10.7. The second-order valence-corrected chi connectivity index (χ2v) is 6.65. The van der Waals surface area contributed by atoms with Gasteiger partial charge in [0, 0.05) is 48.4 Å². The molecule has 0 spiro atoms. The predicted octanol–water partition coefficient (Wildman–Crippen LogP) is 2.08. The first-order valence-electron chi connectivity index (χ1n) is 6.79. The van der Waals surface area contributed by atoms with Crippen molar-refractivity contribution < 1.29 is 4.79 Å². The highest BCUT2D eigenvalue weighted by molar-refractivity contribution is 7.99. The number of hydrogen-bond donors (Lipinski definition) is 1. The van der Waals surface area contributed by atoms with E-state index in [2.05, 4.69) is 10.2 Å². The summed E-state index contributed by atoms with van der Waals surface area (Å²) in [6, 6.07) is 7.83. The summed E-state index contributed by atoms with van der Waals surface area (Å²) in [6.45, 7) is 3.90. The van der Waals surface area contributed by atoms with Gasteiger partial charge in [0.1, 0.15) is 0 Å². The molecule has 1 aliphatic heterocycles. The van der Waals surface area contributed by atoms with Crippen molar-refractivity contribution in [2.75, 3.05) is 38.5 Å². The Morgan fingerprint density at radius 2 is 1.95 bits per heavy atom. The number of piperazine rings is 1. The highest BCUT2D eigenvalue weighted by Crippen LogP contribution is 2.19. The molecule has 2 rings (SSSR count). The van der Waals surface area contributed by atoms with Gasteiger partial charge in [0.15, 0.2) is 5.11 Å². The van der Waals surface area contributed by atoms with E-state index in [1.165, 1.54) is 4.90 Å². The SMILES string of the molecule is O=CN1CCN(C(=S)NCCSc2ccc(Cl)cc2)CC1. The van der Waals surface area contributed by atoms with Crippen molar-refractivity contribution in [2.45, 2.75) is 4.90 Å². The standard InChI is InChI=1S/C14H18ClN3OS2/c15-12-1-3-13(4-2-12)21-10-5-16-14(20)18-8-6-17(11-19)7-9-18/h1-4,11H,5-10H2,(H,16,20). The molecule has 0 atom stereocenters. The molecule has 4 nitrogen and oxygen atoms in total. The fourth-order valence-corrected chi connectivity index (χ4v) is 3.18. The van der Waals surface area contributed by atoms with Crippen LogP contribution in [0.1, 0.15) is 0 Å². The molecule has 0 aromatic heterocycles. The van der Waals surface area contributed by atoms with E-state index in [1.54, 1.807) is 16.7 Å². The predicted molar refractivity (Wildman–Crippen MR) is 92.0 cm³/mol. The van der Waals surface area contributed by atoms with E-state index in [0.717, 1.165) is 55.0 Å². The number of thioether (sulfide) groups is 1. The number of hydrogen-bond acceptors (Lipinski definition) is 3. The van der Waals surface area contributed by atoms with E-state index in [1.807, 2.05) is 24.3 Å². The lowest BCUT2D eigenvalue weighted by atomic mass is 10.3. The average Bonchev–Trinajstić information content (AvgIpc) is 2.53. The number of carbonyl (C=O) groups is 1. The Labute approximate surface area is 139 Å². The van der Waals surface area contributed by atoms with E-state index < -0.39 is 0 Å². The summed E-state index contributed by atoms with van der Waals surface area (Å²) in [6.07, 6.45) is 0.899. The number of nitrogens with one attached hydrogen (secondary N) is 1. The molecular formula is C14H18ClN3OS2. The smallest absolute Gasteiger partial charge is 0.209 e. The van der Waals surface area contributed by atoms with Crippen LogP contribution in [0.25, 0.3) is 0 Å². The normalized spacial score (nSPS) is 14.9. The molecule has 7 heteroatoms. The van der Waals surface area contributed by atoms with Gasteiger partial charge in [-0.25, -0.2) is 0 Å². The zero-order valence-electron chi connectivity index (χ0n) is 11.6. The summed E-state index contributed by atoms with van der Waals surface area (Å²) in [5, 5.41) is 4.80. The molecule has 1 fully saturated rings. The zero-order chi connectivity index (χ0) is 15.1. The van der Waals surface area contributed by atoms with E-state index in [4.69, 9.17) is 23.8 Å². The highest BCUT2D eigenvalue weighted by Gasteiger charge is 2.16. The van der Waals surface area contributed by atoms with E-state index >= 15 is 0 Å². The summed E-state index contributed by atoms with van der Waals surface area (Å²) in [5.41, 5.74) is 0. The topological polar surface area (TPSA) is 35.6 Å². The van der Waals surface area contributed by atoms with Gasteiger partial charge in [-0.1, -0.05) is 11.6 Å². The molecular weight excluding hydrogens is 326 g/mol. The third-order valence-corrected chi connectivity index (χ3v) is 4.88. The van der Waals surface area contributed by atoms with Crippen molar-refractivity contribution in [1.82, 2.24) is 15.1 Å². The van der Waals surface area contributed by atoms with Crippen molar-refractivity contribution in [3.63, 3.8) is 0 Å². The lowest BCUT2D eigenvalue weighted by molar-refractivity contribution is -0.119. The molecule has 1 N–H and O–H groups in total. The number of nitrogens with zero attached hydrogens (tertiary/aromatic N) is 2. The van der Waals surface area contributed by atoms with Crippen LogP contribution >= 0.6 is 35.6 Å². The van der Waals surface area contributed by atoms with Gasteiger partial charge in [-0.05, 0) is 36.5 Å². The number of halogens is 1. The first-order valence-corrected chi connectivity index (χ1v) is 8.57. The Balaban J connectivity index is 1.63.